The van der Waals surface area contributed by atoms with E-state index in [1.54, 1.807) is 0 Å². The van der Waals surface area contributed by atoms with Gasteiger partial charge in [-0.3, -0.25) is 9.59 Å². The molecular formula is C17H22N2O2. The predicted molar refractivity (Wildman–Crippen MR) is 81.0 cm³/mol. The van der Waals surface area contributed by atoms with Crippen molar-refractivity contribution in [2.24, 2.45) is 0 Å². The van der Waals surface area contributed by atoms with E-state index in [9.17, 15) is 9.59 Å². The van der Waals surface area contributed by atoms with Crippen LogP contribution in [0.4, 0.5) is 0 Å². The molecule has 3 rings (SSSR count). The first-order chi connectivity index (χ1) is 10.2. The molecule has 0 aromatic heterocycles. The number of hydrogen-bond donors (Lipinski definition) is 2. The molecule has 0 spiro atoms. The van der Waals surface area contributed by atoms with Gasteiger partial charge in [0.15, 0.2) is 0 Å². The van der Waals surface area contributed by atoms with Crippen LogP contribution in [0.15, 0.2) is 18.2 Å². The monoisotopic (exact) mass is 286 g/mol. The summed E-state index contributed by atoms with van der Waals surface area (Å²) >= 11 is 0. The zero-order valence-electron chi connectivity index (χ0n) is 12.3. The lowest BCUT2D eigenvalue weighted by atomic mass is 9.90. The summed E-state index contributed by atoms with van der Waals surface area (Å²) in [4.78, 5) is 23.0. The first kappa shape index (κ1) is 14.1. The second kappa shape index (κ2) is 6.29. The molecule has 1 atom stereocenters. The van der Waals surface area contributed by atoms with Gasteiger partial charge in [-0.05, 0) is 55.2 Å². The van der Waals surface area contributed by atoms with Gasteiger partial charge in [-0.15, -0.1) is 0 Å². The summed E-state index contributed by atoms with van der Waals surface area (Å²) in [5.41, 5.74) is 4.25. The summed E-state index contributed by atoms with van der Waals surface area (Å²) in [6.07, 6.45) is 6.90. The van der Waals surface area contributed by atoms with Gasteiger partial charge >= 0.3 is 0 Å². The number of rotatable bonds is 4. The fraction of sp³-hybridized carbons (Fsp3) is 0.529. The minimum absolute atomic E-state index is 0.0233. The Morgan fingerprint density at radius 3 is 2.76 bits per heavy atom. The van der Waals surface area contributed by atoms with Crippen LogP contribution < -0.4 is 10.6 Å². The number of benzene rings is 1. The highest BCUT2D eigenvalue weighted by Crippen LogP contribution is 2.22. The van der Waals surface area contributed by atoms with Crippen molar-refractivity contribution in [3.05, 3.63) is 34.9 Å². The molecule has 1 fully saturated rings. The Kier molecular flexibility index (Phi) is 4.23. The van der Waals surface area contributed by atoms with E-state index in [-0.39, 0.29) is 17.9 Å². The largest absolute Gasteiger partial charge is 0.354 e. The van der Waals surface area contributed by atoms with Gasteiger partial charge in [0.1, 0.15) is 6.04 Å². The Bertz CT molecular complexity index is 554. The maximum absolute atomic E-state index is 11.9. The van der Waals surface area contributed by atoms with Crippen LogP contribution in [0.25, 0.3) is 0 Å². The average molecular weight is 286 g/mol. The van der Waals surface area contributed by atoms with E-state index in [1.165, 1.54) is 42.4 Å². The van der Waals surface area contributed by atoms with Crippen molar-refractivity contribution in [2.75, 3.05) is 6.54 Å². The quantitative estimate of drug-likeness (QED) is 0.881. The highest BCUT2D eigenvalue weighted by atomic mass is 16.2. The lowest BCUT2D eigenvalue weighted by Crippen LogP contribution is -2.42. The highest BCUT2D eigenvalue weighted by molar-refractivity contribution is 5.90. The first-order valence-corrected chi connectivity index (χ1v) is 7.90. The summed E-state index contributed by atoms with van der Waals surface area (Å²) in [7, 11) is 0. The van der Waals surface area contributed by atoms with Gasteiger partial charge < -0.3 is 10.6 Å². The van der Waals surface area contributed by atoms with Gasteiger partial charge in [0.25, 0.3) is 0 Å². The molecule has 1 aliphatic heterocycles. The van der Waals surface area contributed by atoms with Crippen molar-refractivity contribution in [3.8, 4) is 0 Å². The van der Waals surface area contributed by atoms with Crippen LogP contribution in [0.3, 0.4) is 0 Å². The van der Waals surface area contributed by atoms with E-state index in [4.69, 9.17) is 0 Å². The lowest BCUT2D eigenvalue weighted by Gasteiger charge is -2.17. The molecule has 1 aliphatic carbocycles. The molecule has 1 aromatic rings. The zero-order chi connectivity index (χ0) is 14.7. The van der Waals surface area contributed by atoms with Crippen LogP contribution in [-0.2, 0) is 28.9 Å². The molecule has 4 heteroatoms. The molecule has 2 amide bonds. The molecule has 1 unspecified atom stereocenters. The minimum atomic E-state index is -0.332. The first-order valence-electron chi connectivity index (χ1n) is 7.90. The van der Waals surface area contributed by atoms with E-state index in [1.807, 2.05) is 0 Å². The van der Waals surface area contributed by atoms with Crippen molar-refractivity contribution in [3.63, 3.8) is 0 Å². The molecule has 0 bridgehead atoms. The van der Waals surface area contributed by atoms with Crippen LogP contribution in [0.1, 0.15) is 42.4 Å². The summed E-state index contributed by atoms with van der Waals surface area (Å²) < 4.78 is 0. The van der Waals surface area contributed by atoms with E-state index in [0.29, 0.717) is 19.4 Å². The second-order valence-corrected chi connectivity index (χ2v) is 6.01. The maximum Gasteiger partial charge on any atom is 0.242 e. The fourth-order valence-corrected chi connectivity index (χ4v) is 3.21. The van der Waals surface area contributed by atoms with E-state index in [0.717, 1.165) is 6.42 Å². The molecule has 112 valence electrons. The summed E-state index contributed by atoms with van der Waals surface area (Å²) in [5, 5.41) is 5.61. The van der Waals surface area contributed by atoms with Crippen molar-refractivity contribution >= 4 is 11.8 Å². The molecule has 2 aliphatic rings. The second-order valence-electron chi connectivity index (χ2n) is 6.01. The topological polar surface area (TPSA) is 58.2 Å². The smallest absolute Gasteiger partial charge is 0.242 e. The van der Waals surface area contributed by atoms with Gasteiger partial charge in [-0.25, -0.2) is 0 Å². The van der Waals surface area contributed by atoms with E-state index in [2.05, 4.69) is 28.8 Å². The molecule has 1 aromatic carbocycles. The Morgan fingerprint density at radius 1 is 1.19 bits per heavy atom. The SMILES string of the molecule is O=C1CCC(C(=O)NCCc2ccc3c(c2)CCCC3)N1. The van der Waals surface area contributed by atoms with Crippen molar-refractivity contribution < 1.29 is 9.59 Å². The van der Waals surface area contributed by atoms with Gasteiger partial charge in [0.2, 0.25) is 11.8 Å². The minimum Gasteiger partial charge on any atom is -0.354 e. The van der Waals surface area contributed by atoms with Crippen molar-refractivity contribution in [1.82, 2.24) is 10.6 Å². The van der Waals surface area contributed by atoms with E-state index >= 15 is 0 Å². The maximum atomic E-state index is 11.9. The number of amides is 2. The summed E-state index contributed by atoms with van der Waals surface area (Å²) in [6, 6.07) is 6.37. The van der Waals surface area contributed by atoms with Crippen LogP contribution in [0.5, 0.6) is 0 Å². The van der Waals surface area contributed by atoms with Gasteiger partial charge in [-0.1, -0.05) is 18.2 Å². The number of carbonyl (C=O) groups is 2. The van der Waals surface area contributed by atoms with Gasteiger partial charge in [0.05, 0.1) is 0 Å². The number of hydrogen-bond acceptors (Lipinski definition) is 2. The predicted octanol–water partition coefficient (Wildman–Crippen LogP) is 1.50. The number of aryl methyl sites for hydroxylation is 2. The lowest BCUT2D eigenvalue weighted by molar-refractivity contribution is -0.125. The number of nitrogens with one attached hydrogen (secondary N) is 2. The third kappa shape index (κ3) is 3.43. The van der Waals surface area contributed by atoms with Crippen LogP contribution >= 0.6 is 0 Å². The molecule has 0 radical (unpaired) electrons. The normalized spacial score (nSPS) is 20.8. The Balaban J connectivity index is 1.49. The van der Waals surface area contributed by atoms with Crippen LogP contribution in [0, 0.1) is 0 Å². The average Bonchev–Trinajstić information content (AvgIpc) is 2.94. The van der Waals surface area contributed by atoms with Gasteiger partial charge in [0, 0.05) is 13.0 Å². The third-order valence-electron chi connectivity index (χ3n) is 4.44. The molecule has 1 heterocycles. The Hall–Kier alpha value is -1.84. The Labute approximate surface area is 125 Å². The summed E-state index contributed by atoms with van der Waals surface area (Å²) in [5.74, 6) is -0.0800. The van der Waals surface area contributed by atoms with Crippen LogP contribution in [0.2, 0.25) is 0 Å². The molecule has 1 saturated heterocycles. The standard InChI is InChI=1S/C17H22N2O2/c20-16-8-7-15(19-16)17(21)18-10-9-12-5-6-13-3-1-2-4-14(13)11-12/h5-6,11,15H,1-4,7-10H2,(H,18,21)(H,19,20). The number of carbonyl (C=O) groups excluding carboxylic acids is 2. The molecule has 21 heavy (non-hydrogen) atoms. The summed E-state index contributed by atoms with van der Waals surface area (Å²) in [6.45, 7) is 0.629. The van der Waals surface area contributed by atoms with E-state index < -0.39 is 0 Å². The van der Waals surface area contributed by atoms with Crippen LogP contribution in [-0.4, -0.2) is 24.4 Å². The molecule has 4 nitrogen and oxygen atoms in total. The number of fused-ring (bicyclic) bond motifs is 1. The van der Waals surface area contributed by atoms with Crippen molar-refractivity contribution in [1.29, 1.82) is 0 Å². The molecule has 0 saturated carbocycles. The third-order valence-corrected chi connectivity index (χ3v) is 4.44. The van der Waals surface area contributed by atoms with Gasteiger partial charge in [-0.2, -0.15) is 0 Å². The zero-order valence-corrected chi connectivity index (χ0v) is 12.3. The Morgan fingerprint density at radius 2 is 2.00 bits per heavy atom. The molecule has 2 N–H and O–H groups in total. The fourth-order valence-electron chi connectivity index (χ4n) is 3.21. The molecular weight excluding hydrogens is 264 g/mol. The highest BCUT2D eigenvalue weighted by Gasteiger charge is 2.26. The van der Waals surface area contributed by atoms with Crippen molar-refractivity contribution in [2.45, 2.75) is 51.0 Å².